The Morgan fingerprint density at radius 1 is 1.00 bits per heavy atom. The summed E-state index contributed by atoms with van der Waals surface area (Å²) in [5, 5.41) is 4.24. The van der Waals surface area contributed by atoms with Gasteiger partial charge in [0, 0.05) is 33.4 Å². The molecule has 7 heteroatoms. The van der Waals surface area contributed by atoms with Crippen molar-refractivity contribution in [1.29, 1.82) is 0 Å². The fourth-order valence-corrected chi connectivity index (χ4v) is 5.50. The van der Waals surface area contributed by atoms with Crippen molar-refractivity contribution >= 4 is 38.9 Å². The number of nitrogens with one attached hydrogen (secondary N) is 1. The summed E-state index contributed by atoms with van der Waals surface area (Å²) in [6.07, 6.45) is 1.84. The average molecular weight is 548 g/mol. The zero-order valence-corrected chi connectivity index (χ0v) is 22.3. The number of rotatable bonds is 6. The molecule has 1 N–H and O–H groups in total. The Morgan fingerprint density at radius 2 is 1.71 bits per heavy atom. The van der Waals surface area contributed by atoms with E-state index in [1.807, 2.05) is 37.4 Å². The second kappa shape index (κ2) is 9.84. The lowest BCUT2D eigenvalue weighted by Gasteiger charge is -2.28. The van der Waals surface area contributed by atoms with Crippen LogP contribution in [0.15, 0.2) is 83.5 Å². The van der Waals surface area contributed by atoms with E-state index >= 15 is 0 Å². The van der Waals surface area contributed by atoms with E-state index in [1.165, 1.54) is 17.0 Å². The summed E-state index contributed by atoms with van der Waals surface area (Å²) >= 11 is 9.44. The number of hydrogen-bond acceptors (Lipinski definition) is 3. The second-order valence-electron chi connectivity index (χ2n) is 8.56. The van der Waals surface area contributed by atoms with Gasteiger partial charge in [0.2, 0.25) is 0 Å². The summed E-state index contributed by atoms with van der Waals surface area (Å²) in [6, 6.07) is 24.7. The second-order valence-corrected chi connectivity index (χ2v) is 9.86. The van der Waals surface area contributed by atoms with Gasteiger partial charge in [-0.3, -0.25) is 4.98 Å². The monoisotopic (exact) mass is 546 g/mol. The van der Waals surface area contributed by atoms with E-state index in [0.717, 1.165) is 27.3 Å². The molecule has 35 heavy (non-hydrogen) atoms. The van der Waals surface area contributed by atoms with Crippen LogP contribution in [0.1, 0.15) is 41.7 Å². The van der Waals surface area contributed by atoms with Gasteiger partial charge in [0.1, 0.15) is 5.75 Å². The van der Waals surface area contributed by atoms with E-state index in [4.69, 9.17) is 17.0 Å². The Balaban J connectivity index is 1.63. The van der Waals surface area contributed by atoms with E-state index in [2.05, 4.69) is 98.1 Å². The van der Waals surface area contributed by atoms with E-state index in [-0.39, 0.29) is 12.1 Å². The third kappa shape index (κ3) is 4.46. The smallest absolute Gasteiger partial charge is 0.174 e. The highest BCUT2D eigenvalue weighted by atomic mass is 79.9. The fraction of sp³-hybridized carbons (Fsp3) is 0.214. The lowest BCUT2D eigenvalue weighted by Crippen LogP contribution is -2.29. The number of pyridine rings is 1. The van der Waals surface area contributed by atoms with Crippen LogP contribution in [-0.2, 0) is 0 Å². The molecule has 3 heterocycles. The minimum absolute atomic E-state index is 0.0641. The van der Waals surface area contributed by atoms with Crippen molar-refractivity contribution in [1.82, 2.24) is 14.9 Å². The third-order valence-electron chi connectivity index (χ3n) is 6.40. The first-order chi connectivity index (χ1) is 17.0. The van der Waals surface area contributed by atoms with Crippen LogP contribution < -0.4 is 15.0 Å². The first-order valence-electron chi connectivity index (χ1n) is 11.7. The van der Waals surface area contributed by atoms with Crippen molar-refractivity contribution in [3.05, 3.63) is 106 Å². The maximum atomic E-state index is 5.90. The third-order valence-corrected chi connectivity index (χ3v) is 7.24. The predicted octanol–water partition coefficient (Wildman–Crippen LogP) is 6.83. The van der Waals surface area contributed by atoms with E-state index in [9.17, 15) is 0 Å². The number of anilines is 1. The number of nitrogens with zero attached hydrogens (tertiary/aromatic N) is 3. The van der Waals surface area contributed by atoms with Crippen molar-refractivity contribution in [2.75, 3.05) is 11.5 Å². The molecule has 2 aromatic heterocycles. The Labute approximate surface area is 219 Å². The van der Waals surface area contributed by atoms with Crippen molar-refractivity contribution in [3.8, 4) is 11.4 Å². The number of benzene rings is 2. The van der Waals surface area contributed by atoms with Crippen molar-refractivity contribution in [2.45, 2.75) is 32.9 Å². The van der Waals surface area contributed by atoms with E-state index < -0.39 is 0 Å². The summed E-state index contributed by atoms with van der Waals surface area (Å²) < 4.78 is 9.03. The topological polar surface area (TPSA) is 42.3 Å². The first-order valence-corrected chi connectivity index (χ1v) is 12.9. The van der Waals surface area contributed by atoms with Gasteiger partial charge in [0.15, 0.2) is 5.11 Å². The fourth-order valence-electron chi connectivity index (χ4n) is 4.89. The van der Waals surface area contributed by atoms with E-state index in [1.54, 1.807) is 0 Å². The molecule has 2 atom stereocenters. The quantitative estimate of drug-likeness (QED) is 0.268. The highest BCUT2D eigenvalue weighted by Gasteiger charge is 2.42. The van der Waals surface area contributed by atoms with Crippen LogP contribution >= 0.6 is 28.1 Å². The summed E-state index contributed by atoms with van der Waals surface area (Å²) in [6.45, 7) is 6.95. The van der Waals surface area contributed by atoms with Crippen LogP contribution in [0.3, 0.4) is 0 Å². The zero-order chi connectivity index (χ0) is 24.5. The number of halogens is 1. The van der Waals surface area contributed by atoms with Gasteiger partial charge >= 0.3 is 0 Å². The normalized spacial score (nSPS) is 17.5. The van der Waals surface area contributed by atoms with Crippen LogP contribution in [0.25, 0.3) is 5.69 Å². The molecule has 0 saturated carbocycles. The summed E-state index contributed by atoms with van der Waals surface area (Å²) in [7, 11) is 0. The lowest BCUT2D eigenvalue weighted by atomic mass is 9.96. The maximum absolute atomic E-state index is 5.90. The molecule has 1 fully saturated rings. The molecule has 1 aliphatic heterocycles. The first kappa shape index (κ1) is 23.6. The van der Waals surface area contributed by atoms with Gasteiger partial charge in [-0.2, -0.15) is 0 Å². The number of aromatic nitrogens is 2. The predicted molar refractivity (Wildman–Crippen MR) is 148 cm³/mol. The number of aryl methyl sites for hydroxylation is 1. The molecule has 0 spiro atoms. The molecule has 0 unspecified atom stereocenters. The summed E-state index contributed by atoms with van der Waals surface area (Å²) in [5.74, 6) is 0.848. The Bertz CT molecular complexity index is 1340. The Kier molecular flexibility index (Phi) is 6.62. The maximum Gasteiger partial charge on any atom is 0.174 e. The van der Waals surface area contributed by atoms with Gasteiger partial charge in [-0.25, -0.2) is 0 Å². The van der Waals surface area contributed by atoms with Crippen LogP contribution in [0, 0.1) is 13.8 Å². The molecule has 5 rings (SSSR count). The van der Waals surface area contributed by atoms with Crippen molar-refractivity contribution < 1.29 is 4.74 Å². The number of thiocarbonyl (C=S) groups is 1. The molecular formula is C28H27BrN4OS. The molecule has 1 aliphatic rings. The molecule has 5 nitrogen and oxygen atoms in total. The van der Waals surface area contributed by atoms with Crippen LogP contribution in [0.4, 0.5) is 5.69 Å². The van der Waals surface area contributed by atoms with Crippen molar-refractivity contribution in [3.63, 3.8) is 0 Å². The highest BCUT2D eigenvalue weighted by Crippen LogP contribution is 2.44. The summed E-state index contributed by atoms with van der Waals surface area (Å²) in [4.78, 5) is 6.89. The molecule has 178 valence electrons. The molecule has 0 aliphatic carbocycles. The molecule has 1 saturated heterocycles. The number of hydrogen-bond donors (Lipinski definition) is 1. The SMILES string of the molecule is CCOc1ccc(N2C(=S)N[C@@H](c3ccccn3)[C@H]2c2cc(C)n(-c3ccc(Br)cc3)c2C)cc1. The van der Waals surface area contributed by atoms with Gasteiger partial charge in [-0.05, 0) is 105 Å². The molecule has 0 bridgehead atoms. The minimum Gasteiger partial charge on any atom is -0.494 e. The van der Waals surface area contributed by atoms with Gasteiger partial charge in [-0.1, -0.05) is 22.0 Å². The van der Waals surface area contributed by atoms with Gasteiger partial charge < -0.3 is 19.5 Å². The van der Waals surface area contributed by atoms with E-state index in [0.29, 0.717) is 11.7 Å². The molecule has 4 aromatic rings. The lowest BCUT2D eigenvalue weighted by molar-refractivity contribution is 0.340. The molecule has 2 aromatic carbocycles. The summed E-state index contributed by atoms with van der Waals surface area (Å²) in [5.41, 5.74) is 6.67. The molecule has 0 radical (unpaired) electrons. The Hall–Kier alpha value is -3.16. The average Bonchev–Trinajstić information content (AvgIpc) is 3.36. The van der Waals surface area contributed by atoms with Crippen LogP contribution in [0.2, 0.25) is 0 Å². The van der Waals surface area contributed by atoms with Gasteiger partial charge in [0.25, 0.3) is 0 Å². The van der Waals surface area contributed by atoms with Gasteiger partial charge in [-0.15, -0.1) is 0 Å². The van der Waals surface area contributed by atoms with Crippen LogP contribution in [0.5, 0.6) is 5.75 Å². The number of ether oxygens (including phenoxy) is 1. The molecular weight excluding hydrogens is 520 g/mol. The molecule has 0 amide bonds. The Morgan fingerprint density at radius 3 is 2.37 bits per heavy atom. The van der Waals surface area contributed by atoms with Crippen molar-refractivity contribution in [2.24, 2.45) is 0 Å². The van der Waals surface area contributed by atoms with Gasteiger partial charge in [0.05, 0.1) is 24.4 Å². The largest absolute Gasteiger partial charge is 0.494 e. The van der Waals surface area contributed by atoms with Crippen LogP contribution in [-0.4, -0.2) is 21.3 Å². The standard InChI is InChI=1S/C28H27BrN4OS/c1-4-34-23-14-12-22(13-15-23)33-27(26(31-28(33)35)25-7-5-6-16-30-25)24-17-18(2)32(19(24)3)21-10-8-20(29)9-11-21/h5-17,26-27H,4H2,1-3H3,(H,31,35)/t26-,27+/m0/s1. The minimum atomic E-state index is -0.0888. The zero-order valence-electron chi connectivity index (χ0n) is 19.9. The highest BCUT2D eigenvalue weighted by molar-refractivity contribution is 9.10.